The van der Waals surface area contributed by atoms with Crippen molar-refractivity contribution in [1.82, 2.24) is 9.38 Å². The minimum atomic E-state index is 0.342. The van der Waals surface area contributed by atoms with E-state index in [4.69, 9.17) is 4.42 Å². The first-order valence-electron chi connectivity index (χ1n) is 6.11. The molecule has 4 heteroatoms. The molecule has 0 amide bonds. The average molecular weight is 254 g/mol. The Morgan fingerprint density at radius 3 is 2.74 bits per heavy atom. The van der Waals surface area contributed by atoms with Gasteiger partial charge in [-0.1, -0.05) is 0 Å². The molecule has 3 aromatic heterocycles. The zero-order valence-electron chi connectivity index (χ0n) is 11.1. The Labute approximate surface area is 110 Å². The van der Waals surface area contributed by atoms with Crippen molar-refractivity contribution in [3.05, 3.63) is 47.2 Å². The molecule has 0 spiro atoms. The first-order valence-corrected chi connectivity index (χ1v) is 6.11. The number of hydrogen-bond acceptors (Lipinski definition) is 3. The van der Waals surface area contributed by atoms with Crippen LogP contribution in [0.3, 0.4) is 0 Å². The quantitative estimate of drug-likeness (QED) is 0.659. The summed E-state index contributed by atoms with van der Waals surface area (Å²) in [5, 5.41) is 0. The predicted molar refractivity (Wildman–Crippen MR) is 72.5 cm³/mol. The lowest BCUT2D eigenvalue weighted by atomic mass is 10.1. The van der Waals surface area contributed by atoms with Crippen molar-refractivity contribution in [1.29, 1.82) is 0 Å². The van der Waals surface area contributed by atoms with E-state index in [9.17, 15) is 4.79 Å². The maximum absolute atomic E-state index is 10.8. The zero-order chi connectivity index (χ0) is 13.6. The van der Waals surface area contributed by atoms with Crippen molar-refractivity contribution in [3.63, 3.8) is 0 Å². The molecule has 0 aliphatic heterocycles. The van der Waals surface area contributed by atoms with Gasteiger partial charge >= 0.3 is 0 Å². The summed E-state index contributed by atoms with van der Waals surface area (Å²) in [6, 6.07) is 5.83. The van der Waals surface area contributed by atoms with Crippen LogP contribution in [0.15, 0.2) is 28.8 Å². The normalized spacial score (nSPS) is 11.1. The van der Waals surface area contributed by atoms with Crippen LogP contribution in [0.5, 0.6) is 0 Å². The predicted octanol–water partition coefficient (Wildman–Crippen LogP) is 3.33. The topological polar surface area (TPSA) is 47.5 Å². The van der Waals surface area contributed by atoms with Gasteiger partial charge in [0.1, 0.15) is 11.4 Å². The van der Waals surface area contributed by atoms with E-state index in [2.05, 4.69) is 4.98 Å². The molecule has 0 atom stereocenters. The molecule has 96 valence electrons. The fourth-order valence-corrected chi connectivity index (χ4v) is 2.39. The Bertz CT molecular complexity index is 781. The maximum Gasteiger partial charge on any atom is 0.185 e. The van der Waals surface area contributed by atoms with E-state index in [1.54, 1.807) is 6.07 Å². The van der Waals surface area contributed by atoms with Gasteiger partial charge in [-0.2, -0.15) is 0 Å². The molecule has 4 nitrogen and oxygen atoms in total. The molecule has 0 fully saturated rings. The van der Waals surface area contributed by atoms with E-state index in [1.165, 1.54) is 5.56 Å². The van der Waals surface area contributed by atoms with Crippen molar-refractivity contribution in [3.8, 4) is 11.3 Å². The summed E-state index contributed by atoms with van der Waals surface area (Å²) in [6.45, 7) is 5.86. The minimum Gasteiger partial charge on any atom is -0.458 e. The number of aromatic nitrogens is 2. The number of pyridine rings is 1. The number of furan rings is 1. The summed E-state index contributed by atoms with van der Waals surface area (Å²) in [7, 11) is 0. The van der Waals surface area contributed by atoms with Crippen molar-refractivity contribution >= 4 is 11.9 Å². The van der Waals surface area contributed by atoms with Crippen molar-refractivity contribution < 1.29 is 9.21 Å². The lowest BCUT2D eigenvalue weighted by Gasteiger charge is -2.02. The smallest absolute Gasteiger partial charge is 0.185 e. The Morgan fingerprint density at radius 1 is 1.26 bits per heavy atom. The second-order valence-corrected chi connectivity index (χ2v) is 4.71. The molecule has 19 heavy (non-hydrogen) atoms. The van der Waals surface area contributed by atoms with Crippen molar-refractivity contribution in [2.75, 3.05) is 0 Å². The van der Waals surface area contributed by atoms with Gasteiger partial charge in [-0.3, -0.25) is 9.20 Å². The number of rotatable bonds is 2. The van der Waals surface area contributed by atoms with E-state index >= 15 is 0 Å². The second-order valence-electron chi connectivity index (χ2n) is 4.71. The fraction of sp³-hybridized carbons (Fsp3) is 0.200. The fourth-order valence-electron chi connectivity index (χ4n) is 2.39. The van der Waals surface area contributed by atoms with Crippen molar-refractivity contribution in [2.24, 2.45) is 0 Å². The standard InChI is InChI=1S/C15H14N2O2/c1-9-4-5-17-14(6-9)16-10(2)15(17)13-7-12(8-18)19-11(13)3/h4-8H,1-3H3. The third-order valence-electron chi connectivity index (χ3n) is 3.26. The molecule has 0 aliphatic carbocycles. The van der Waals surface area contributed by atoms with Crippen LogP contribution < -0.4 is 0 Å². The highest BCUT2D eigenvalue weighted by molar-refractivity contribution is 5.77. The zero-order valence-corrected chi connectivity index (χ0v) is 11.1. The summed E-state index contributed by atoms with van der Waals surface area (Å²) in [4.78, 5) is 15.4. The maximum atomic E-state index is 10.8. The summed E-state index contributed by atoms with van der Waals surface area (Å²) < 4.78 is 7.43. The highest BCUT2D eigenvalue weighted by Crippen LogP contribution is 2.30. The van der Waals surface area contributed by atoms with Gasteiger partial charge in [-0.15, -0.1) is 0 Å². The molecule has 3 rings (SSSR count). The molecule has 0 radical (unpaired) electrons. The van der Waals surface area contributed by atoms with Gasteiger partial charge in [0, 0.05) is 11.8 Å². The van der Waals surface area contributed by atoms with Crippen LogP contribution in [0.4, 0.5) is 0 Å². The largest absolute Gasteiger partial charge is 0.458 e. The number of nitrogens with zero attached hydrogens (tertiary/aromatic N) is 2. The van der Waals surface area contributed by atoms with E-state index in [0.29, 0.717) is 5.76 Å². The monoisotopic (exact) mass is 254 g/mol. The second kappa shape index (κ2) is 4.09. The highest BCUT2D eigenvalue weighted by atomic mass is 16.3. The molecule has 0 aromatic carbocycles. The summed E-state index contributed by atoms with van der Waals surface area (Å²) in [5.74, 6) is 1.07. The summed E-state index contributed by atoms with van der Waals surface area (Å²) in [6.07, 6.45) is 2.71. The molecule has 0 unspecified atom stereocenters. The van der Waals surface area contributed by atoms with Gasteiger partial charge in [0.05, 0.1) is 11.4 Å². The van der Waals surface area contributed by atoms with Gasteiger partial charge in [0.2, 0.25) is 0 Å². The number of aldehydes is 1. The molecule has 0 aliphatic rings. The van der Waals surface area contributed by atoms with E-state index in [1.807, 2.05) is 43.5 Å². The summed E-state index contributed by atoms with van der Waals surface area (Å²) in [5.41, 5.74) is 4.88. The molecule has 0 saturated carbocycles. The van der Waals surface area contributed by atoms with Gasteiger partial charge in [0.25, 0.3) is 0 Å². The summed E-state index contributed by atoms with van der Waals surface area (Å²) >= 11 is 0. The van der Waals surface area contributed by atoms with Crippen molar-refractivity contribution in [2.45, 2.75) is 20.8 Å². The molecule has 3 aromatic rings. The number of imidazole rings is 1. The Morgan fingerprint density at radius 2 is 2.05 bits per heavy atom. The molecular formula is C15H14N2O2. The number of carbonyl (C=O) groups is 1. The van der Waals surface area contributed by atoms with Crippen LogP contribution in [0, 0.1) is 20.8 Å². The van der Waals surface area contributed by atoms with E-state index in [0.717, 1.165) is 34.6 Å². The van der Waals surface area contributed by atoms with Crippen LogP contribution >= 0.6 is 0 Å². The lowest BCUT2D eigenvalue weighted by Crippen LogP contribution is -1.89. The van der Waals surface area contributed by atoms with Crippen LogP contribution in [-0.2, 0) is 0 Å². The van der Waals surface area contributed by atoms with Gasteiger partial charge < -0.3 is 4.42 Å². The van der Waals surface area contributed by atoms with Crippen LogP contribution in [-0.4, -0.2) is 15.7 Å². The van der Waals surface area contributed by atoms with Crippen LogP contribution in [0.2, 0.25) is 0 Å². The molecule has 3 heterocycles. The molecule has 0 N–H and O–H groups in total. The van der Waals surface area contributed by atoms with E-state index < -0.39 is 0 Å². The average Bonchev–Trinajstić information content (AvgIpc) is 2.88. The highest BCUT2D eigenvalue weighted by Gasteiger charge is 2.16. The third kappa shape index (κ3) is 1.76. The molecule has 0 saturated heterocycles. The lowest BCUT2D eigenvalue weighted by molar-refractivity contribution is 0.109. The first kappa shape index (κ1) is 11.7. The number of aryl methyl sites for hydroxylation is 3. The molecular weight excluding hydrogens is 240 g/mol. The van der Waals surface area contributed by atoms with Gasteiger partial charge in [-0.05, 0) is 44.5 Å². The Kier molecular flexibility index (Phi) is 2.52. The Balaban J connectivity index is 2.32. The SMILES string of the molecule is Cc1ccn2c(-c3cc(C=O)oc3C)c(C)nc2c1. The number of carbonyl (C=O) groups excluding carboxylic acids is 1. The van der Waals surface area contributed by atoms with E-state index in [-0.39, 0.29) is 0 Å². The third-order valence-corrected chi connectivity index (χ3v) is 3.26. The Hall–Kier alpha value is -2.36. The number of hydrogen-bond donors (Lipinski definition) is 0. The first-order chi connectivity index (χ1) is 9.10. The van der Waals surface area contributed by atoms with Crippen LogP contribution in [0.1, 0.15) is 27.6 Å². The van der Waals surface area contributed by atoms with Gasteiger partial charge in [0.15, 0.2) is 12.0 Å². The van der Waals surface area contributed by atoms with Gasteiger partial charge in [-0.25, -0.2) is 4.98 Å². The molecule has 0 bridgehead atoms. The number of fused-ring (bicyclic) bond motifs is 1. The minimum absolute atomic E-state index is 0.342. The van der Waals surface area contributed by atoms with Crippen LogP contribution in [0.25, 0.3) is 16.9 Å².